The third-order valence-corrected chi connectivity index (χ3v) is 6.35. The molecule has 0 saturated carbocycles. The minimum Gasteiger partial charge on any atom is -0.341 e. The maximum absolute atomic E-state index is 13.2. The maximum atomic E-state index is 13.2. The summed E-state index contributed by atoms with van der Waals surface area (Å²) in [5.74, 6) is 0.731. The van der Waals surface area contributed by atoms with Crippen molar-refractivity contribution in [1.29, 1.82) is 0 Å². The van der Waals surface area contributed by atoms with Crippen molar-refractivity contribution in [1.82, 2.24) is 10.2 Å². The maximum Gasteiger partial charge on any atom is 0.225 e. The van der Waals surface area contributed by atoms with Gasteiger partial charge in [0, 0.05) is 17.8 Å². The van der Waals surface area contributed by atoms with E-state index in [-0.39, 0.29) is 23.9 Å². The fraction of sp³-hybridized carbons (Fsp3) is 0.435. The SMILES string of the molecule is CCN(CC)C(C)NC(=O)C1CC2c3ccccc3C1c1ccccc12. The molecule has 26 heavy (non-hydrogen) atoms. The Morgan fingerprint density at radius 2 is 1.50 bits per heavy atom. The van der Waals surface area contributed by atoms with Gasteiger partial charge in [0.2, 0.25) is 5.91 Å². The quantitative estimate of drug-likeness (QED) is 0.826. The zero-order chi connectivity index (χ0) is 18.3. The first-order valence-corrected chi connectivity index (χ1v) is 9.87. The molecule has 3 aliphatic carbocycles. The van der Waals surface area contributed by atoms with E-state index in [0.717, 1.165) is 19.5 Å². The lowest BCUT2D eigenvalue weighted by atomic mass is 9.59. The van der Waals surface area contributed by atoms with Gasteiger partial charge in [0.15, 0.2) is 0 Å². The molecule has 5 rings (SSSR count). The van der Waals surface area contributed by atoms with E-state index < -0.39 is 0 Å². The molecule has 2 atom stereocenters. The van der Waals surface area contributed by atoms with E-state index in [4.69, 9.17) is 0 Å². The van der Waals surface area contributed by atoms with Crippen LogP contribution in [0.2, 0.25) is 0 Å². The lowest BCUT2D eigenvalue weighted by Crippen LogP contribution is -2.50. The predicted octanol–water partition coefficient (Wildman–Crippen LogP) is 4.09. The number of hydrogen-bond donors (Lipinski definition) is 1. The van der Waals surface area contributed by atoms with Gasteiger partial charge in [-0.05, 0) is 48.7 Å². The molecule has 2 unspecified atom stereocenters. The van der Waals surface area contributed by atoms with Crippen molar-refractivity contribution in [2.75, 3.05) is 13.1 Å². The predicted molar refractivity (Wildman–Crippen MR) is 105 cm³/mol. The molecule has 136 valence electrons. The van der Waals surface area contributed by atoms with Crippen LogP contribution in [0.25, 0.3) is 0 Å². The molecule has 2 aromatic carbocycles. The van der Waals surface area contributed by atoms with E-state index >= 15 is 0 Å². The van der Waals surface area contributed by atoms with Crippen molar-refractivity contribution >= 4 is 5.91 Å². The van der Waals surface area contributed by atoms with Gasteiger partial charge in [-0.25, -0.2) is 0 Å². The second-order valence-corrected chi connectivity index (χ2v) is 7.54. The summed E-state index contributed by atoms with van der Waals surface area (Å²) in [6, 6.07) is 17.4. The largest absolute Gasteiger partial charge is 0.341 e. The van der Waals surface area contributed by atoms with Gasteiger partial charge in [0.25, 0.3) is 0 Å². The van der Waals surface area contributed by atoms with Crippen LogP contribution in [0.1, 0.15) is 61.3 Å². The monoisotopic (exact) mass is 348 g/mol. The normalized spacial score (nSPS) is 24.1. The standard InChI is InChI=1S/C23H28N2O/c1-4-25(5-2)15(3)24-23(26)21-14-20-16-10-6-8-12-18(16)22(21)19-13-9-7-11-17(19)20/h6-13,15,20-22H,4-5,14H2,1-3H3,(H,24,26). The average molecular weight is 348 g/mol. The Hall–Kier alpha value is -2.13. The fourth-order valence-corrected chi connectivity index (χ4v) is 5.07. The first kappa shape index (κ1) is 17.3. The molecule has 0 aromatic heterocycles. The van der Waals surface area contributed by atoms with Crippen molar-refractivity contribution < 1.29 is 4.79 Å². The highest BCUT2D eigenvalue weighted by molar-refractivity contribution is 5.82. The number of carbonyl (C=O) groups excluding carboxylic acids is 1. The summed E-state index contributed by atoms with van der Waals surface area (Å²) in [6.45, 7) is 8.26. The van der Waals surface area contributed by atoms with Gasteiger partial charge in [-0.2, -0.15) is 0 Å². The molecule has 1 N–H and O–H groups in total. The molecule has 2 bridgehead atoms. The topological polar surface area (TPSA) is 32.3 Å². The summed E-state index contributed by atoms with van der Waals surface area (Å²) < 4.78 is 0. The number of nitrogens with zero attached hydrogens (tertiary/aromatic N) is 1. The van der Waals surface area contributed by atoms with E-state index in [1.807, 2.05) is 0 Å². The Balaban J connectivity index is 1.67. The highest BCUT2D eigenvalue weighted by Gasteiger charge is 2.46. The second-order valence-electron chi connectivity index (χ2n) is 7.54. The summed E-state index contributed by atoms with van der Waals surface area (Å²) in [5, 5.41) is 3.29. The molecule has 0 saturated heterocycles. The highest BCUT2D eigenvalue weighted by Crippen LogP contribution is 2.55. The Labute approximate surface area is 156 Å². The highest BCUT2D eigenvalue weighted by atomic mass is 16.2. The Kier molecular flexibility index (Phi) is 4.58. The summed E-state index contributed by atoms with van der Waals surface area (Å²) in [6.07, 6.45) is 0.985. The minimum absolute atomic E-state index is 0.0165. The molecule has 0 heterocycles. The van der Waals surface area contributed by atoms with E-state index in [1.54, 1.807) is 0 Å². The van der Waals surface area contributed by atoms with Gasteiger partial charge in [-0.15, -0.1) is 0 Å². The summed E-state index contributed by atoms with van der Waals surface area (Å²) in [7, 11) is 0. The van der Waals surface area contributed by atoms with Gasteiger partial charge in [0.1, 0.15) is 0 Å². The molecule has 0 aliphatic heterocycles. The van der Waals surface area contributed by atoms with Crippen LogP contribution >= 0.6 is 0 Å². The summed E-state index contributed by atoms with van der Waals surface area (Å²) >= 11 is 0. The fourth-order valence-electron chi connectivity index (χ4n) is 5.07. The van der Waals surface area contributed by atoms with Crippen molar-refractivity contribution in [2.45, 2.75) is 45.2 Å². The number of benzene rings is 2. The van der Waals surface area contributed by atoms with Gasteiger partial charge >= 0.3 is 0 Å². The van der Waals surface area contributed by atoms with Crippen LogP contribution in [0.5, 0.6) is 0 Å². The summed E-state index contributed by atoms with van der Waals surface area (Å²) in [5.41, 5.74) is 5.52. The van der Waals surface area contributed by atoms with E-state index in [0.29, 0.717) is 5.92 Å². The molecular weight excluding hydrogens is 320 g/mol. The van der Waals surface area contributed by atoms with E-state index in [9.17, 15) is 4.79 Å². The molecule has 2 aromatic rings. The first-order chi connectivity index (χ1) is 12.7. The number of fused-ring (bicyclic) bond motifs is 1. The lowest BCUT2D eigenvalue weighted by molar-refractivity contribution is -0.128. The number of carbonyl (C=O) groups is 1. The van der Waals surface area contributed by atoms with Gasteiger partial charge in [-0.1, -0.05) is 62.4 Å². The van der Waals surface area contributed by atoms with Crippen LogP contribution in [0.3, 0.4) is 0 Å². The molecule has 1 amide bonds. The van der Waals surface area contributed by atoms with Crippen molar-refractivity contribution in [2.24, 2.45) is 5.92 Å². The van der Waals surface area contributed by atoms with Crippen molar-refractivity contribution in [3.05, 3.63) is 70.8 Å². The molecule has 3 nitrogen and oxygen atoms in total. The Morgan fingerprint density at radius 1 is 1.00 bits per heavy atom. The third kappa shape index (κ3) is 2.66. The van der Waals surface area contributed by atoms with Crippen LogP contribution in [-0.4, -0.2) is 30.1 Å². The van der Waals surface area contributed by atoms with Crippen LogP contribution in [0, 0.1) is 5.92 Å². The second kappa shape index (κ2) is 6.88. The Morgan fingerprint density at radius 3 is 2.00 bits per heavy atom. The molecular formula is C23H28N2O. The van der Waals surface area contributed by atoms with Crippen LogP contribution < -0.4 is 5.32 Å². The molecule has 0 fully saturated rings. The minimum atomic E-state index is 0.0165. The number of hydrogen-bond acceptors (Lipinski definition) is 2. The van der Waals surface area contributed by atoms with Crippen molar-refractivity contribution in [3.8, 4) is 0 Å². The van der Waals surface area contributed by atoms with Gasteiger partial charge < -0.3 is 5.32 Å². The third-order valence-electron chi connectivity index (χ3n) is 6.35. The van der Waals surface area contributed by atoms with Crippen molar-refractivity contribution in [3.63, 3.8) is 0 Å². The lowest BCUT2D eigenvalue weighted by Gasteiger charge is -2.45. The first-order valence-electron chi connectivity index (χ1n) is 9.87. The van der Waals surface area contributed by atoms with Crippen LogP contribution in [0.15, 0.2) is 48.5 Å². The summed E-state index contributed by atoms with van der Waals surface area (Å²) in [4.78, 5) is 15.5. The number of amides is 1. The van der Waals surface area contributed by atoms with Crippen LogP contribution in [-0.2, 0) is 4.79 Å². The molecule has 0 radical (unpaired) electrons. The number of nitrogens with one attached hydrogen (secondary N) is 1. The molecule has 3 aliphatic rings. The zero-order valence-corrected chi connectivity index (χ0v) is 15.9. The van der Waals surface area contributed by atoms with Gasteiger partial charge in [0.05, 0.1) is 6.17 Å². The average Bonchev–Trinajstić information content (AvgIpc) is 2.69. The Bertz CT molecular complexity index is 764. The zero-order valence-electron chi connectivity index (χ0n) is 15.9. The van der Waals surface area contributed by atoms with Crippen LogP contribution in [0.4, 0.5) is 0 Å². The van der Waals surface area contributed by atoms with E-state index in [1.165, 1.54) is 22.3 Å². The van der Waals surface area contributed by atoms with Gasteiger partial charge in [-0.3, -0.25) is 9.69 Å². The smallest absolute Gasteiger partial charge is 0.225 e. The molecule has 3 heteroatoms. The molecule has 0 spiro atoms. The van der Waals surface area contributed by atoms with E-state index in [2.05, 4.69) is 79.5 Å². The number of rotatable bonds is 5.